The molecule has 14 heteroatoms. The van der Waals surface area contributed by atoms with Crippen molar-refractivity contribution in [1.82, 2.24) is 19.0 Å². The van der Waals surface area contributed by atoms with Gasteiger partial charge in [-0.05, 0) is 51.9 Å². The monoisotopic (exact) mass is 624 g/mol. The summed E-state index contributed by atoms with van der Waals surface area (Å²) in [6.45, 7) is 6.09. The van der Waals surface area contributed by atoms with Gasteiger partial charge in [0.05, 0.1) is 10.9 Å². The van der Waals surface area contributed by atoms with Crippen LogP contribution in [0.1, 0.15) is 32.1 Å². The van der Waals surface area contributed by atoms with Crippen LogP contribution >= 0.6 is 59.4 Å². The number of likely N-dealkylation sites (tertiary alicyclic amines) is 1. The van der Waals surface area contributed by atoms with E-state index in [0.717, 1.165) is 63.4 Å². The van der Waals surface area contributed by atoms with E-state index in [1.54, 1.807) is 0 Å². The number of carbonyl (C=O) groups is 1. The van der Waals surface area contributed by atoms with Gasteiger partial charge in [-0.1, -0.05) is 29.6 Å². The molecule has 0 bridgehead atoms. The topological polar surface area (TPSA) is 73.4 Å². The highest BCUT2D eigenvalue weighted by molar-refractivity contribution is 7.89. The molecule has 1 aromatic heterocycles. The molecule has 0 aliphatic carbocycles. The predicted molar refractivity (Wildman–Crippen MR) is 150 cm³/mol. The second-order valence-corrected chi connectivity index (χ2v) is 13.6. The van der Waals surface area contributed by atoms with Crippen molar-refractivity contribution in [2.75, 3.05) is 66.1 Å². The molecule has 1 unspecified atom stereocenters. The van der Waals surface area contributed by atoms with Crippen molar-refractivity contribution >= 4 is 75.3 Å². The number of amides is 1. The van der Waals surface area contributed by atoms with Crippen LogP contribution in [0.3, 0.4) is 0 Å². The van der Waals surface area contributed by atoms with Gasteiger partial charge in [0.15, 0.2) is 0 Å². The number of piperazine rings is 1. The van der Waals surface area contributed by atoms with Crippen LogP contribution in [0.15, 0.2) is 11.0 Å². The highest BCUT2D eigenvalue weighted by atomic mass is 35.5. The van der Waals surface area contributed by atoms with Gasteiger partial charge in [-0.25, -0.2) is 8.42 Å². The van der Waals surface area contributed by atoms with Gasteiger partial charge in [0.1, 0.15) is 15.8 Å². The lowest BCUT2D eigenvalue weighted by atomic mass is 10.0. The molecular weight excluding hydrogens is 590 g/mol. The van der Waals surface area contributed by atoms with E-state index in [-0.39, 0.29) is 59.2 Å². The zero-order chi connectivity index (χ0) is 24.3. The van der Waals surface area contributed by atoms with Crippen LogP contribution in [0, 0.1) is 0 Å². The van der Waals surface area contributed by atoms with Crippen molar-refractivity contribution < 1.29 is 17.9 Å². The van der Waals surface area contributed by atoms with Crippen LogP contribution < -0.4 is 0 Å². The van der Waals surface area contributed by atoms with Crippen molar-refractivity contribution in [2.45, 2.75) is 49.1 Å². The average molecular weight is 626 g/mol. The van der Waals surface area contributed by atoms with Crippen molar-refractivity contribution in [3.8, 4) is 0 Å². The summed E-state index contributed by atoms with van der Waals surface area (Å²) in [5.74, 6) is -0.0269. The fraction of sp³-hybridized carbons (Fsp3) is 0.773. The summed E-state index contributed by atoms with van der Waals surface area (Å²) >= 11 is 13.2. The lowest BCUT2D eigenvalue weighted by Crippen LogP contribution is -2.54. The van der Waals surface area contributed by atoms with E-state index in [1.807, 2.05) is 4.90 Å². The van der Waals surface area contributed by atoms with Gasteiger partial charge in [-0.3, -0.25) is 9.69 Å². The maximum Gasteiger partial charge on any atom is 0.248 e. The molecular formula is C22H36Cl4N4O4S2. The first-order valence-electron chi connectivity index (χ1n) is 12.0. The number of halogens is 4. The lowest BCUT2D eigenvalue weighted by molar-refractivity contribution is -0.138. The van der Waals surface area contributed by atoms with E-state index in [1.165, 1.54) is 23.2 Å². The Balaban J connectivity index is 0.00000228. The van der Waals surface area contributed by atoms with Gasteiger partial charge in [0.2, 0.25) is 15.9 Å². The smallest absolute Gasteiger partial charge is 0.248 e. The summed E-state index contributed by atoms with van der Waals surface area (Å²) in [6, 6.07) is 1.71. The Morgan fingerprint density at radius 1 is 1.03 bits per heavy atom. The number of hydrogen-bond donors (Lipinski definition) is 0. The van der Waals surface area contributed by atoms with Gasteiger partial charge in [0.25, 0.3) is 0 Å². The van der Waals surface area contributed by atoms with Crippen LogP contribution in [0.25, 0.3) is 0 Å². The summed E-state index contributed by atoms with van der Waals surface area (Å²) in [4.78, 5) is 19.5. The lowest BCUT2D eigenvalue weighted by Gasteiger charge is -2.42. The van der Waals surface area contributed by atoms with E-state index >= 15 is 0 Å². The van der Waals surface area contributed by atoms with Crippen LogP contribution in [-0.4, -0.2) is 111 Å². The minimum atomic E-state index is -3.77. The third kappa shape index (κ3) is 7.83. The van der Waals surface area contributed by atoms with Gasteiger partial charge in [-0.15, -0.1) is 36.2 Å². The van der Waals surface area contributed by atoms with Gasteiger partial charge < -0.3 is 14.5 Å². The Hall–Kier alpha value is 0.120. The molecule has 1 atom stereocenters. The molecule has 4 rings (SSSR count). The fourth-order valence-electron chi connectivity index (χ4n) is 5.15. The zero-order valence-electron chi connectivity index (χ0n) is 20.4. The number of carbonyl (C=O) groups excluding carboxylic acids is 1. The number of thiophene rings is 1. The normalized spacial score (nSPS) is 23.2. The summed E-state index contributed by atoms with van der Waals surface area (Å²) in [5.41, 5.74) is 0. The quantitative estimate of drug-likeness (QED) is 0.460. The van der Waals surface area contributed by atoms with E-state index in [2.05, 4.69) is 16.8 Å². The fourth-order valence-corrected chi connectivity index (χ4v) is 8.95. The molecule has 208 valence electrons. The Morgan fingerprint density at radius 3 is 2.31 bits per heavy atom. The molecule has 3 aliphatic rings. The number of piperidine rings is 2. The standard InChI is InChI=1S/C22H34Cl2N4O4S2.2ClH/c1-25-8-5-17(6-9-25)26-10-12-27(13-11-26)21(29)16-32-15-18-4-2-3-7-28(18)34(30,31)19-14-20(23)33-22(19)24;;/h14,17-18H,2-13,15-16H2,1H3;2*1H. The molecule has 0 N–H and O–H groups in total. The second-order valence-electron chi connectivity index (χ2n) is 9.42. The Kier molecular flexibility index (Phi) is 13.0. The molecule has 36 heavy (non-hydrogen) atoms. The Morgan fingerprint density at radius 2 is 1.69 bits per heavy atom. The SMILES string of the molecule is CN1CCC(N2CCN(C(=O)COCC3CCCCN3S(=O)(=O)c3cc(Cl)sc3Cl)CC2)CC1.Cl.Cl. The largest absolute Gasteiger partial charge is 0.370 e. The van der Waals surface area contributed by atoms with Crippen LogP contribution in [0.5, 0.6) is 0 Å². The van der Waals surface area contributed by atoms with E-state index in [4.69, 9.17) is 27.9 Å². The van der Waals surface area contributed by atoms with Crippen molar-refractivity contribution in [2.24, 2.45) is 0 Å². The Labute approximate surface area is 241 Å². The molecule has 3 aliphatic heterocycles. The molecule has 1 aromatic rings. The molecule has 8 nitrogen and oxygen atoms in total. The number of nitrogens with zero attached hydrogens (tertiary/aromatic N) is 4. The van der Waals surface area contributed by atoms with E-state index in [0.29, 0.717) is 23.3 Å². The van der Waals surface area contributed by atoms with E-state index in [9.17, 15) is 13.2 Å². The van der Waals surface area contributed by atoms with Crippen molar-refractivity contribution in [3.05, 3.63) is 14.7 Å². The molecule has 3 saturated heterocycles. The average Bonchev–Trinajstić information content (AvgIpc) is 3.18. The third-order valence-electron chi connectivity index (χ3n) is 7.19. The van der Waals surface area contributed by atoms with Gasteiger partial charge in [0, 0.05) is 44.8 Å². The first kappa shape index (κ1) is 32.3. The van der Waals surface area contributed by atoms with E-state index < -0.39 is 10.0 Å². The maximum absolute atomic E-state index is 13.2. The first-order valence-corrected chi connectivity index (χ1v) is 15.0. The molecule has 0 aromatic carbocycles. The summed E-state index contributed by atoms with van der Waals surface area (Å²) < 4.78 is 34.2. The highest BCUT2D eigenvalue weighted by Crippen LogP contribution is 2.37. The van der Waals surface area contributed by atoms with Crippen LogP contribution in [0.2, 0.25) is 8.67 Å². The number of sulfonamides is 1. The van der Waals surface area contributed by atoms with Gasteiger partial charge >= 0.3 is 0 Å². The molecule has 3 fully saturated rings. The van der Waals surface area contributed by atoms with Gasteiger partial charge in [-0.2, -0.15) is 4.31 Å². The summed E-state index contributed by atoms with van der Waals surface area (Å²) in [5, 5.41) is 0. The zero-order valence-corrected chi connectivity index (χ0v) is 25.2. The molecule has 0 radical (unpaired) electrons. The maximum atomic E-state index is 13.2. The van der Waals surface area contributed by atoms with Crippen molar-refractivity contribution in [1.29, 1.82) is 0 Å². The number of rotatable bonds is 7. The molecule has 4 heterocycles. The summed E-state index contributed by atoms with van der Waals surface area (Å²) in [6.07, 6.45) is 4.78. The Bertz CT molecular complexity index is 952. The first-order chi connectivity index (χ1) is 16.3. The number of ether oxygens (including phenoxy) is 1. The molecule has 0 saturated carbocycles. The third-order valence-corrected chi connectivity index (χ3v) is 10.9. The second kappa shape index (κ2) is 14.5. The molecule has 0 spiro atoms. The highest BCUT2D eigenvalue weighted by Gasteiger charge is 2.36. The van der Waals surface area contributed by atoms with Crippen molar-refractivity contribution in [3.63, 3.8) is 0 Å². The summed E-state index contributed by atoms with van der Waals surface area (Å²) in [7, 11) is -1.60. The predicted octanol–water partition coefficient (Wildman–Crippen LogP) is 3.70. The minimum absolute atomic E-state index is 0. The molecule has 1 amide bonds. The van der Waals surface area contributed by atoms with Crippen LogP contribution in [0.4, 0.5) is 0 Å². The van der Waals surface area contributed by atoms with Crippen LogP contribution in [-0.2, 0) is 19.6 Å². The minimum Gasteiger partial charge on any atom is -0.370 e. The number of hydrogen-bond acceptors (Lipinski definition) is 7.